The lowest BCUT2D eigenvalue weighted by Crippen LogP contribution is -2.23. The van der Waals surface area contributed by atoms with Gasteiger partial charge in [0.25, 0.3) is 0 Å². The number of aromatic nitrogens is 1. The van der Waals surface area contributed by atoms with Crippen molar-refractivity contribution in [2.24, 2.45) is 0 Å². The monoisotopic (exact) mass is 328 g/mol. The highest BCUT2D eigenvalue weighted by molar-refractivity contribution is 7.88. The molecule has 0 aliphatic heterocycles. The summed E-state index contributed by atoms with van der Waals surface area (Å²) in [7, 11) is -3.09. The van der Waals surface area contributed by atoms with Gasteiger partial charge in [-0.05, 0) is 31.4 Å². The summed E-state index contributed by atoms with van der Waals surface area (Å²) < 4.78 is 24.5. The van der Waals surface area contributed by atoms with Crippen LogP contribution in [0.5, 0.6) is 0 Å². The van der Waals surface area contributed by atoms with Gasteiger partial charge in [0.05, 0.1) is 21.8 Å². The summed E-state index contributed by atoms with van der Waals surface area (Å²) in [4.78, 5) is 7.04. The van der Waals surface area contributed by atoms with Crippen LogP contribution in [0.1, 0.15) is 28.6 Å². The zero-order valence-electron chi connectivity index (χ0n) is 11.1. The van der Waals surface area contributed by atoms with Gasteiger partial charge in [0.1, 0.15) is 0 Å². The first-order chi connectivity index (χ1) is 9.51. The third kappa shape index (κ3) is 3.66. The molecule has 1 saturated carbocycles. The molecule has 0 unspecified atom stereocenters. The quantitative estimate of drug-likeness (QED) is 0.887. The van der Waals surface area contributed by atoms with Gasteiger partial charge in [-0.3, -0.25) is 0 Å². The molecule has 1 fully saturated rings. The van der Waals surface area contributed by atoms with Crippen molar-refractivity contribution in [2.45, 2.75) is 25.2 Å². The molecular weight excluding hydrogens is 312 g/mol. The zero-order chi connectivity index (χ0) is 14.2. The molecule has 0 amide bonds. The van der Waals surface area contributed by atoms with Crippen LogP contribution in [0.4, 0.5) is 0 Å². The third-order valence-corrected chi connectivity index (χ3v) is 6.00. The number of rotatable bonds is 6. The second-order valence-corrected chi connectivity index (χ2v) is 8.92. The predicted molar refractivity (Wildman–Crippen MR) is 84.0 cm³/mol. The minimum Gasteiger partial charge on any atom is -0.240 e. The fourth-order valence-electron chi connectivity index (χ4n) is 1.93. The Morgan fingerprint density at radius 1 is 1.40 bits per heavy atom. The van der Waals surface area contributed by atoms with Crippen LogP contribution in [0.3, 0.4) is 0 Å². The Morgan fingerprint density at radius 3 is 2.90 bits per heavy atom. The van der Waals surface area contributed by atoms with Crippen LogP contribution >= 0.6 is 22.7 Å². The molecule has 7 heteroatoms. The molecule has 0 bridgehead atoms. The van der Waals surface area contributed by atoms with Gasteiger partial charge in [0, 0.05) is 22.7 Å². The number of nitrogens with zero attached hydrogens (tertiary/aromatic N) is 1. The van der Waals surface area contributed by atoms with Crippen LogP contribution in [-0.2, 0) is 16.4 Å². The van der Waals surface area contributed by atoms with E-state index in [0.29, 0.717) is 12.5 Å². The average molecular weight is 328 g/mol. The number of thiophene rings is 1. The summed E-state index contributed by atoms with van der Waals surface area (Å²) in [6.45, 7) is 0.448. The summed E-state index contributed by atoms with van der Waals surface area (Å²) in [6, 6.07) is 4.13. The van der Waals surface area contributed by atoms with Crippen LogP contribution in [-0.4, -0.2) is 26.2 Å². The van der Waals surface area contributed by atoms with E-state index in [1.54, 1.807) is 22.7 Å². The van der Waals surface area contributed by atoms with E-state index in [-0.39, 0.29) is 0 Å². The molecule has 0 radical (unpaired) electrons. The van der Waals surface area contributed by atoms with Crippen LogP contribution in [0.25, 0.3) is 10.6 Å². The Bertz CT molecular complexity index is 699. The second kappa shape index (κ2) is 5.55. The van der Waals surface area contributed by atoms with E-state index >= 15 is 0 Å². The molecular formula is C13H16N2O2S3. The first kappa shape index (κ1) is 14.2. The third-order valence-electron chi connectivity index (χ3n) is 3.10. The van der Waals surface area contributed by atoms with Crippen molar-refractivity contribution in [3.8, 4) is 10.6 Å². The molecule has 108 valence electrons. The van der Waals surface area contributed by atoms with E-state index in [0.717, 1.165) is 12.1 Å². The van der Waals surface area contributed by atoms with Gasteiger partial charge in [-0.2, -0.15) is 0 Å². The SMILES string of the molecule is CS(=O)(=O)NCCc1ccc(-c2csc(C3CC3)n2)s1. The molecule has 1 N–H and O–H groups in total. The summed E-state index contributed by atoms with van der Waals surface area (Å²) in [5.41, 5.74) is 1.06. The van der Waals surface area contributed by atoms with Crippen LogP contribution in [0, 0.1) is 0 Å². The Hall–Kier alpha value is -0.760. The van der Waals surface area contributed by atoms with Crippen LogP contribution in [0.2, 0.25) is 0 Å². The van der Waals surface area contributed by atoms with E-state index in [9.17, 15) is 8.42 Å². The first-order valence-corrected chi connectivity index (χ1v) is 10.1. The minimum absolute atomic E-state index is 0.448. The van der Waals surface area contributed by atoms with Crippen molar-refractivity contribution >= 4 is 32.7 Å². The van der Waals surface area contributed by atoms with E-state index in [2.05, 4.69) is 22.2 Å². The number of hydrogen-bond acceptors (Lipinski definition) is 5. The summed E-state index contributed by atoms with van der Waals surface area (Å²) in [6.07, 6.45) is 4.46. The second-order valence-electron chi connectivity index (χ2n) is 5.03. The van der Waals surface area contributed by atoms with Gasteiger partial charge in [0.15, 0.2) is 0 Å². The maximum Gasteiger partial charge on any atom is 0.208 e. The molecule has 2 aromatic rings. The van der Waals surface area contributed by atoms with Crippen LogP contribution < -0.4 is 4.72 Å². The standard InChI is InChI=1S/C13H16N2O2S3/c1-20(16,17)14-7-6-10-4-5-12(19-10)11-8-18-13(15-11)9-2-3-9/h4-5,8-9,14H,2-3,6-7H2,1H3. The van der Waals surface area contributed by atoms with Crippen LogP contribution in [0.15, 0.2) is 17.5 Å². The van der Waals surface area contributed by atoms with Crippen molar-refractivity contribution in [3.63, 3.8) is 0 Å². The Kier molecular flexibility index (Phi) is 3.94. The van der Waals surface area contributed by atoms with Gasteiger partial charge in [-0.25, -0.2) is 18.1 Å². The Balaban J connectivity index is 1.63. The van der Waals surface area contributed by atoms with Crippen molar-refractivity contribution in [1.82, 2.24) is 9.71 Å². The predicted octanol–water partition coefficient (Wildman–Crippen LogP) is 2.84. The lowest BCUT2D eigenvalue weighted by Gasteiger charge is -1.99. The van der Waals surface area contributed by atoms with Crippen molar-refractivity contribution in [1.29, 1.82) is 0 Å². The van der Waals surface area contributed by atoms with Gasteiger partial charge in [-0.15, -0.1) is 22.7 Å². The van der Waals surface area contributed by atoms with Gasteiger partial charge in [-0.1, -0.05) is 0 Å². The lowest BCUT2D eigenvalue weighted by atomic mass is 10.3. The molecule has 20 heavy (non-hydrogen) atoms. The maximum atomic E-state index is 11.0. The number of hydrogen-bond donors (Lipinski definition) is 1. The summed E-state index contributed by atoms with van der Waals surface area (Å²) >= 11 is 3.44. The van der Waals surface area contributed by atoms with Crippen molar-refractivity contribution in [2.75, 3.05) is 12.8 Å². The highest BCUT2D eigenvalue weighted by Crippen LogP contribution is 2.43. The molecule has 0 aromatic carbocycles. The number of sulfonamides is 1. The summed E-state index contributed by atoms with van der Waals surface area (Å²) in [5, 5.41) is 3.38. The summed E-state index contributed by atoms with van der Waals surface area (Å²) in [5.74, 6) is 0.701. The Morgan fingerprint density at radius 2 is 2.20 bits per heavy atom. The number of nitrogens with one attached hydrogen (secondary N) is 1. The fraction of sp³-hybridized carbons (Fsp3) is 0.462. The first-order valence-electron chi connectivity index (χ1n) is 6.50. The Labute approximate surface area is 126 Å². The molecule has 4 nitrogen and oxygen atoms in total. The molecule has 0 spiro atoms. The van der Waals surface area contributed by atoms with Crippen molar-refractivity contribution in [3.05, 3.63) is 27.4 Å². The van der Waals surface area contributed by atoms with Crippen molar-refractivity contribution < 1.29 is 8.42 Å². The zero-order valence-corrected chi connectivity index (χ0v) is 13.6. The molecule has 0 saturated heterocycles. The molecule has 2 heterocycles. The topological polar surface area (TPSA) is 59.1 Å². The minimum atomic E-state index is -3.09. The normalized spacial score (nSPS) is 15.7. The average Bonchev–Trinajstić information content (AvgIpc) is 2.91. The molecule has 0 atom stereocenters. The van der Waals surface area contributed by atoms with Gasteiger partial charge in [0.2, 0.25) is 10.0 Å². The molecule has 1 aliphatic rings. The molecule has 2 aromatic heterocycles. The number of thiazole rings is 1. The smallest absolute Gasteiger partial charge is 0.208 e. The highest BCUT2D eigenvalue weighted by atomic mass is 32.2. The van der Waals surface area contributed by atoms with E-state index in [4.69, 9.17) is 4.98 Å². The molecule has 1 aliphatic carbocycles. The van der Waals surface area contributed by atoms with E-state index in [1.807, 2.05) is 0 Å². The van der Waals surface area contributed by atoms with Gasteiger partial charge < -0.3 is 0 Å². The lowest BCUT2D eigenvalue weighted by molar-refractivity contribution is 0.588. The van der Waals surface area contributed by atoms with E-state index in [1.165, 1.54) is 33.9 Å². The largest absolute Gasteiger partial charge is 0.240 e. The molecule has 3 rings (SSSR count). The van der Waals surface area contributed by atoms with Gasteiger partial charge >= 0.3 is 0 Å². The highest BCUT2D eigenvalue weighted by Gasteiger charge is 2.26. The fourth-order valence-corrected chi connectivity index (χ4v) is 4.43. The maximum absolute atomic E-state index is 11.0. The van der Waals surface area contributed by atoms with E-state index < -0.39 is 10.0 Å².